The molecule has 0 fully saturated rings. The van der Waals surface area contributed by atoms with E-state index in [1.165, 1.54) is 6.20 Å². The Morgan fingerprint density at radius 2 is 2.10 bits per heavy atom. The minimum atomic E-state index is -3.18. The van der Waals surface area contributed by atoms with Gasteiger partial charge in [-0.25, -0.2) is 8.42 Å². The van der Waals surface area contributed by atoms with Crippen molar-refractivity contribution in [2.75, 3.05) is 23.9 Å². The van der Waals surface area contributed by atoms with E-state index in [0.717, 1.165) is 35.9 Å². The van der Waals surface area contributed by atoms with Crippen molar-refractivity contribution in [1.82, 2.24) is 10.3 Å². The Morgan fingerprint density at radius 1 is 1.28 bits per heavy atom. The zero-order valence-corrected chi connectivity index (χ0v) is 16.6. The van der Waals surface area contributed by atoms with E-state index in [0.29, 0.717) is 22.4 Å². The lowest BCUT2D eigenvalue weighted by atomic mass is 10.1. The molecule has 0 saturated carbocycles. The first-order valence-electron chi connectivity index (χ1n) is 9.12. The van der Waals surface area contributed by atoms with Crippen molar-refractivity contribution >= 4 is 43.8 Å². The SMILES string of the molecule is CS(=O)(=O)CCNC(=O)c1oc2cnccc2c1Nc1ccc2c(c1)CCC2=N. The van der Waals surface area contributed by atoms with Gasteiger partial charge in [0.2, 0.25) is 5.76 Å². The molecule has 9 heteroatoms. The van der Waals surface area contributed by atoms with Crippen molar-refractivity contribution < 1.29 is 17.6 Å². The molecule has 1 amide bonds. The van der Waals surface area contributed by atoms with Crippen molar-refractivity contribution in [2.45, 2.75) is 12.8 Å². The Bertz CT molecular complexity index is 1230. The molecule has 8 nitrogen and oxygen atoms in total. The number of aromatic nitrogens is 1. The van der Waals surface area contributed by atoms with Gasteiger partial charge in [0.25, 0.3) is 5.91 Å². The van der Waals surface area contributed by atoms with Gasteiger partial charge in [0.1, 0.15) is 9.84 Å². The zero-order chi connectivity index (χ0) is 20.6. The minimum absolute atomic E-state index is 0.00659. The van der Waals surface area contributed by atoms with Crippen LogP contribution in [0, 0.1) is 5.41 Å². The average Bonchev–Trinajstić information content (AvgIpc) is 3.22. The van der Waals surface area contributed by atoms with E-state index in [1.54, 1.807) is 12.3 Å². The summed E-state index contributed by atoms with van der Waals surface area (Å²) in [5.74, 6) is -0.592. The van der Waals surface area contributed by atoms with Crippen LogP contribution in [0.15, 0.2) is 41.1 Å². The molecule has 1 aromatic carbocycles. The monoisotopic (exact) mass is 412 g/mol. The van der Waals surface area contributed by atoms with Gasteiger partial charge in [0.05, 0.1) is 17.6 Å². The number of furan rings is 1. The molecule has 0 bridgehead atoms. The van der Waals surface area contributed by atoms with Gasteiger partial charge in [-0.3, -0.25) is 9.78 Å². The first-order valence-corrected chi connectivity index (χ1v) is 11.2. The van der Waals surface area contributed by atoms with E-state index >= 15 is 0 Å². The van der Waals surface area contributed by atoms with Crippen molar-refractivity contribution in [3.8, 4) is 0 Å². The molecule has 0 spiro atoms. The number of amides is 1. The normalized spacial score (nSPS) is 13.5. The van der Waals surface area contributed by atoms with Crippen molar-refractivity contribution in [1.29, 1.82) is 5.41 Å². The maximum absolute atomic E-state index is 12.7. The van der Waals surface area contributed by atoms with E-state index in [4.69, 9.17) is 9.83 Å². The molecule has 3 N–H and O–H groups in total. The standard InChI is InChI=1S/C20H20N4O4S/c1-29(26,27)9-8-23-20(25)19-18(15-6-7-22-11-17(15)28-19)24-13-3-4-14-12(10-13)2-5-16(14)21/h3-4,6-7,10-11,21,24H,2,5,8-9H2,1H3,(H,23,25). The van der Waals surface area contributed by atoms with Crippen LogP contribution in [0.4, 0.5) is 11.4 Å². The summed E-state index contributed by atoms with van der Waals surface area (Å²) in [5.41, 5.74) is 4.41. The number of hydrogen-bond acceptors (Lipinski definition) is 7. The second kappa shape index (κ2) is 7.32. The number of sulfone groups is 1. The van der Waals surface area contributed by atoms with Crippen molar-refractivity contribution in [2.24, 2.45) is 0 Å². The molecule has 4 rings (SSSR count). The third-order valence-electron chi connectivity index (χ3n) is 4.80. The van der Waals surface area contributed by atoms with Gasteiger partial charge < -0.3 is 20.5 Å². The van der Waals surface area contributed by atoms with Crippen molar-refractivity contribution in [3.05, 3.63) is 53.5 Å². The highest BCUT2D eigenvalue weighted by atomic mass is 32.2. The fourth-order valence-electron chi connectivity index (χ4n) is 3.38. The second-order valence-corrected chi connectivity index (χ2v) is 9.30. The fourth-order valence-corrected chi connectivity index (χ4v) is 3.85. The van der Waals surface area contributed by atoms with Crippen molar-refractivity contribution in [3.63, 3.8) is 0 Å². The molecule has 1 aliphatic rings. The van der Waals surface area contributed by atoms with Crippen LogP contribution in [-0.2, 0) is 16.3 Å². The van der Waals surface area contributed by atoms with E-state index in [1.807, 2.05) is 18.2 Å². The van der Waals surface area contributed by atoms with Gasteiger partial charge in [-0.1, -0.05) is 6.07 Å². The summed E-state index contributed by atoms with van der Waals surface area (Å²) in [6, 6.07) is 7.49. The number of rotatable bonds is 6. The number of aryl methyl sites for hydroxylation is 1. The lowest BCUT2D eigenvalue weighted by molar-refractivity contribution is 0.0932. The van der Waals surface area contributed by atoms with Gasteiger partial charge in [0.15, 0.2) is 5.58 Å². The van der Waals surface area contributed by atoms with Crippen LogP contribution in [-0.4, -0.2) is 43.6 Å². The summed E-state index contributed by atoms with van der Waals surface area (Å²) < 4.78 is 28.3. The molecular weight excluding hydrogens is 392 g/mol. The summed E-state index contributed by atoms with van der Waals surface area (Å²) in [6.07, 6.45) is 5.80. The third kappa shape index (κ3) is 4.00. The maximum atomic E-state index is 12.7. The van der Waals surface area contributed by atoms with E-state index in [9.17, 15) is 13.2 Å². The lowest BCUT2D eigenvalue weighted by Gasteiger charge is -2.09. The number of nitrogens with one attached hydrogen (secondary N) is 3. The zero-order valence-electron chi connectivity index (χ0n) is 15.8. The second-order valence-electron chi connectivity index (χ2n) is 7.04. The highest BCUT2D eigenvalue weighted by Gasteiger charge is 2.22. The highest BCUT2D eigenvalue weighted by Crippen LogP contribution is 2.34. The summed E-state index contributed by atoms with van der Waals surface area (Å²) in [7, 11) is -3.18. The largest absolute Gasteiger partial charge is 0.447 e. The number of hydrogen-bond donors (Lipinski definition) is 3. The van der Waals surface area contributed by atoms with Crippen LogP contribution >= 0.6 is 0 Å². The Labute approximate surface area is 167 Å². The number of fused-ring (bicyclic) bond motifs is 2. The molecule has 150 valence electrons. The predicted octanol–water partition coefficient (Wildman–Crippen LogP) is 2.66. The number of pyridine rings is 1. The Kier molecular flexibility index (Phi) is 4.83. The third-order valence-corrected chi connectivity index (χ3v) is 5.75. The number of carbonyl (C=O) groups is 1. The van der Waals surface area contributed by atoms with E-state index < -0.39 is 15.7 Å². The van der Waals surface area contributed by atoms with E-state index in [-0.39, 0.29) is 18.1 Å². The van der Waals surface area contributed by atoms with Crippen LogP contribution in [0.5, 0.6) is 0 Å². The Hall–Kier alpha value is -3.20. The molecule has 0 saturated heterocycles. The first kappa shape index (κ1) is 19.1. The molecule has 0 aliphatic heterocycles. The highest BCUT2D eigenvalue weighted by molar-refractivity contribution is 7.90. The van der Waals surface area contributed by atoms with Gasteiger partial charge >= 0.3 is 0 Å². The molecular formula is C20H20N4O4S. The van der Waals surface area contributed by atoms with Gasteiger partial charge in [-0.05, 0) is 42.2 Å². The van der Waals surface area contributed by atoms with Gasteiger partial charge in [0, 0.05) is 35.8 Å². The smallest absolute Gasteiger partial charge is 0.289 e. The number of nitrogens with zero attached hydrogens (tertiary/aromatic N) is 1. The molecule has 3 aromatic rings. The average molecular weight is 412 g/mol. The Balaban J connectivity index is 1.65. The topological polar surface area (TPSA) is 125 Å². The van der Waals surface area contributed by atoms with Gasteiger partial charge in [-0.15, -0.1) is 0 Å². The number of carbonyl (C=O) groups excluding carboxylic acids is 1. The minimum Gasteiger partial charge on any atom is -0.447 e. The summed E-state index contributed by atoms with van der Waals surface area (Å²) in [4.78, 5) is 16.7. The molecule has 1 aliphatic carbocycles. The van der Waals surface area contributed by atoms with E-state index in [2.05, 4.69) is 15.6 Å². The molecule has 2 heterocycles. The Morgan fingerprint density at radius 3 is 2.90 bits per heavy atom. The summed E-state index contributed by atoms with van der Waals surface area (Å²) >= 11 is 0. The maximum Gasteiger partial charge on any atom is 0.289 e. The molecule has 0 unspecified atom stereocenters. The van der Waals surface area contributed by atoms with Gasteiger partial charge in [-0.2, -0.15) is 0 Å². The summed E-state index contributed by atoms with van der Waals surface area (Å²) in [5, 5.41) is 14.5. The van der Waals surface area contributed by atoms with Crippen LogP contribution in [0.1, 0.15) is 28.1 Å². The molecule has 0 atom stereocenters. The molecule has 29 heavy (non-hydrogen) atoms. The lowest BCUT2D eigenvalue weighted by Crippen LogP contribution is -2.28. The number of anilines is 2. The predicted molar refractivity (Wildman–Crippen MR) is 111 cm³/mol. The van der Waals surface area contributed by atoms with Crippen LogP contribution in [0.25, 0.3) is 11.0 Å². The quantitative estimate of drug-likeness (QED) is 0.572. The van der Waals surface area contributed by atoms with Crippen LogP contribution in [0.3, 0.4) is 0 Å². The molecule has 0 radical (unpaired) electrons. The molecule has 2 aromatic heterocycles. The fraction of sp³-hybridized carbons (Fsp3) is 0.250. The van der Waals surface area contributed by atoms with Crippen LogP contribution in [0.2, 0.25) is 0 Å². The van der Waals surface area contributed by atoms with Crippen LogP contribution < -0.4 is 10.6 Å². The first-order chi connectivity index (χ1) is 13.8. The number of benzene rings is 1. The summed E-state index contributed by atoms with van der Waals surface area (Å²) in [6.45, 7) is -0.00659.